The molecule has 0 aliphatic carbocycles. The van der Waals surface area contributed by atoms with Crippen molar-refractivity contribution in [2.75, 3.05) is 6.54 Å². The molecule has 1 atom stereocenters. The van der Waals surface area contributed by atoms with E-state index in [1.54, 1.807) is 18.3 Å². The summed E-state index contributed by atoms with van der Waals surface area (Å²) in [4.78, 5) is 19.1. The molecular formula is C21H29N3O2. The van der Waals surface area contributed by atoms with Crippen LogP contribution in [-0.2, 0) is 17.8 Å². The number of carbonyl (C=O) groups excluding carboxylic acids is 1. The number of nitrogens with zero attached hydrogens (tertiary/aromatic N) is 3. The number of carbonyl (C=O) groups is 1. The van der Waals surface area contributed by atoms with Crippen molar-refractivity contribution >= 4 is 5.91 Å². The van der Waals surface area contributed by atoms with Gasteiger partial charge in [-0.05, 0) is 63.1 Å². The Bertz CT molecular complexity index is 708. The summed E-state index contributed by atoms with van der Waals surface area (Å²) in [6, 6.07) is 7.75. The van der Waals surface area contributed by atoms with Crippen LogP contribution in [0.3, 0.4) is 0 Å². The molecule has 1 fully saturated rings. The van der Waals surface area contributed by atoms with Gasteiger partial charge in [0.05, 0.1) is 0 Å². The highest BCUT2D eigenvalue weighted by Crippen LogP contribution is 2.23. The van der Waals surface area contributed by atoms with Gasteiger partial charge in [0.1, 0.15) is 11.6 Å². The summed E-state index contributed by atoms with van der Waals surface area (Å²) in [5, 5.41) is 9.40. The fourth-order valence-electron chi connectivity index (χ4n) is 3.81. The number of amides is 1. The van der Waals surface area contributed by atoms with E-state index in [-0.39, 0.29) is 5.91 Å². The highest BCUT2D eigenvalue weighted by molar-refractivity contribution is 5.76. The lowest BCUT2D eigenvalue weighted by molar-refractivity contribution is -0.135. The third-order valence-electron chi connectivity index (χ3n) is 5.36. The first-order chi connectivity index (χ1) is 12.6. The van der Waals surface area contributed by atoms with E-state index in [2.05, 4.69) is 14.5 Å². The Morgan fingerprint density at radius 2 is 2.08 bits per heavy atom. The first kappa shape index (κ1) is 18.5. The minimum atomic E-state index is 0.290. The highest BCUT2D eigenvalue weighted by Gasteiger charge is 2.25. The third-order valence-corrected chi connectivity index (χ3v) is 5.36. The van der Waals surface area contributed by atoms with Crippen molar-refractivity contribution in [3.8, 4) is 5.75 Å². The zero-order valence-corrected chi connectivity index (χ0v) is 15.6. The summed E-state index contributed by atoms with van der Waals surface area (Å²) >= 11 is 0. The van der Waals surface area contributed by atoms with Gasteiger partial charge >= 0.3 is 0 Å². The molecule has 3 rings (SSSR count). The minimum Gasteiger partial charge on any atom is -0.508 e. The van der Waals surface area contributed by atoms with Crippen molar-refractivity contribution in [2.24, 2.45) is 0 Å². The number of hydrogen-bond acceptors (Lipinski definition) is 3. The smallest absolute Gasteiger partial charge is 0.222 e. The van der Waals surface area contributed by atoms with Gasteiger partial charge in [-0.2, -0.15) is 0 Å². The SMILES string of the molecule is Cc1nccn1CCCC(=O)N1CCCC[C@H]1CCc1ccc(O)cc1. The van der Waals surface area contributed by atoms with Crippen LogP contribution in [0, 0.1) is 6.92 Å². The fraction of sp³-hybridized carbons (Fsp3) is 0.524. The number of hydrogen-bond donors (Lipinski definition) is 1. The van der Waals surface area contributed by atoms with Crippen molar-refractivity contribution in [1.29, 1.82) is 0 Å². The summed E-state index contributed by atoms with van der Waals surface area (Å²) in [5.41, 5.74) is 1.22. The van der Waals surface area contributed by atoms with Crippen LogP contribution in [0.1, 0.15) is 49.9 Å². The van der Waals surface area contributed by atoms with E-state index in [0.29, 0.717) is 18.2 Å². The summed E-state index contributed by atoms with van der Waals surface area (Å²) in [5.74, 6) is 1.59. The van der Waals surface area contributed by atoms with Gasteiger partial charge in [-0.1, -0.05) is 12.1 Å². The predicted molar refractivity (Wildman–Crippen MR) is 102 cm³/mol. The van der Waals surface area contributed by atoms with E-state index in [1.165, 1.54) is 12.0 Å². The zero-order chi connectivity index (χ0) is 18.4. The largest absolute Gasteiger partial charge is 0.508 e. The molecule has 5 heteroatoms. The number of aryl methyl sites for hydroxylation is 3. The number of phenolic OH excluding ortho intramolecular Hbond substituents is 1. The van der Waals surface area contributed by atoms with Crippen molar-refractivity contribution in [3.05, 3.63) is 48.0 Å². The third kappa shape index (κ3) is 4.87. The van der Waals surface area contributed by atoms with Gasteiger partial charge in [0, 0.05) is 37.9 Å². The molecule has 0 spiro atoms. The molecule has 1 aliphatic rings. The Balaban J connectivity index is 1.49. The maximum atomic E-state index is 12.7. The Morgan fingerprint density at radius 1 is 1.27 bits per heavy atom. The van der Waals surface area contributed by atoms with Crippen LogP contribution >= 0.6 is 0 Å². The summed E-state index contributed by atoms with van der Waals surface area (Å²) in [6.07, 6.45) is 10.6. The zero-order valence-electron chi connectivity index (χ0n) is 15.6. The van der Waals surface area contributed by atoms with E-state index < -0.39 is 0 Å². The van der Waals surface area contributed by atoms with Gasteiger partial charge in [-0.25, -0.2) is 4.98 Å². The standard InChI is InChI=1S/C21H29N3O2/c1-17-22-13-16-23(17)14-4-6-21(26)24-15-3-2-5-19(24)10-7-18-8-11-20(25)12-9-18/h8-9,11-13,16,19,25H,2-7,10,14-15H2,1H3/t19-/m0/s1. The second-order valence-electron chi connectivity index (χ2n) is 7.21. The Morgan fingerprint density at radius 3 is 2.81 bits per heavy atom. The van der Waals surface area contributed by atoms with Crippen LogP contribution in [0.5, 0.6) is 5.75 Å². The molecule has 26 heavy (non-hydrogen) atoms. The Labute approximate surface area is 155 Å². The first-order valence-electron chi connectivity index (χ1n) is 9.68. The van der Waals surface area contributed by atoms with Crippen molar-refractivity contribution in [1.82, 2.24) is 14.5 Å². The molecule has 1 saturated heterocycles. The van der Waals surface area contributed by atoms with E-state index in [9.17, 15) is 9.90 Å². The maximum absolute atomic E-state index is 12.7. The maximum Gasteiger partial charge on any atom is 0.222 e. The van der Waals surface area contributed by atoms with Gasteiger partial charge in [-0.3, -0.25) is 4.79 Å². The van der Waals surface area contributed by atoms with Crippen LogP contribution < -0.4 is 0 Å². The number of aromatic nitrogens is 2. The lowest BCUT2D eigenvalue weighted by Gasteiger charge is -2.36. The second kappa shape index (κ2) is 8.88. The molecule has 140 valence electrons. The quantitative estimate of drug-likeness (QED) is 0.824. The molecule has 2 heterocycles. The number of likely N-dealkylation sites (tertiary alicyclic amines) is 1. The van der Waals surface area contributed by atoms with Gasteiger partial charge in [0.2, 0.25) is 5.91 Å². The Hall–Kier alpha value is -2.30. The summed E-state index contributed by atoms with van der Waals surface area (Å²) in [7, 11) is 0. The van der Waals surface area contributed by atoms with Crippen LogP contribution in [0.2, 0.25) is 0 Å². The van der Waals surface area contributed by atoms with E-state index >= 15 is 0 Å². The van der Waals surface area contributed by atoms with E-state index in [4.69, 9.17) is 0 Å². The molecule has 1 aromatic heterocycles. The number of phenols is 1. The van der Waals surface area contributed by atoms with Gasteiger partial charge in [0.25, 0.3) is 0 Å². The van der Waals surface area contributed by atoms with Gasteiger partial charge < -0.3 is 14.6 Å². The molecule has 5 nitrogen and oxygen atoms in total. The predicted octanol–water partition coefficient (Wildman–Crippen LogP) is 3.69. The molecule has 0 bridgehead atoms. The minimum absolute atomic E-state index is 0.290. The van der Waals surface area contributed by atoms with Gasteiger partial charge in [0.15, 0.2) is 0 Å². The van der Waals surface area contributed by atoms with Gasteiger partial charge in [-0.15, -0.1) is 0 Å². The number of aromatic hydroxyl groups is 1. The summed E-state index contributed by atoms with van der Waals surface area (Å²) in [6.45, 7) is 3.73. The van der Waals surface area contributed by atoms with E-state index in [0.717, 1.165) is 51.0 Å². The lowest BCUT2D eigenvalue weighted by atomic mass is 9.95. The van der Waals surface area contributed by atoms with Crippen molar-refractivity contribution in [2.45, 2.75) is 64.5 Å². The fourth-order valence-corrected chi connectivity index (χ4v) is 3.81. The molecule has 1 amide bonds. The van der Waals surface area contributed by atoms with Crippen molar-refractivity contribution in [3.63, 3.8) is 0 Å². The van der Waals surface area contributed by atoms with E-state index in [1.807, 2.05) is 25.3 Å². The number of rotatable bonds is 7. The monoisotopic (exact) mass is 355 g/mol. The number of piperidine rings is 1. The second-order valence-corrected chi connectivity index (χ2v) is 7.21. The van der Waals surface area contributed by atoms with Crippen LogP contribution in [0.4, 0.5) is 0 Å². The molecule has 0 unspecified atom stereocenters. The lowest BCUT2D eigenvalue weighted by Crippen LogP contribution is -2.44. The molecule has 0 radical (unpaired) electrons. The van der Waals surface area contributed by atoms with Crippen LogP contribution in [0.15, 0.2) is 36.7 Å². The van der Waals surface area contributed by atoms with Crippen molar-refractivity contribution < 1.29 is 9.90 Å². The topological polar surface area (TPSA) is 58.4 Å². The Kier molecular flexibility index (Phi) is 6.31. The molecule has 1 aromatic carbocycles. The molecule has 0 saturated carbocycles. The summed E-state index contributed by atoms with van der Waals surface area (Å²) < 4.78 is 2.10. The average Bonchev–Trinajstić information content (AvgIpc) is 3.06. The molecule has 1 aliphatic heterocycles. The first-order valence-corrected chi connectivity index (χ1v) is 9.68. The van der Waals surface area contributed by atoms with Crippen LogP contribution in [0.25, 0.3) is 0 Å². The molecule has 2 aromatic rings. The molecular weight excluding hydrogens is 326 g/mol. The molecule has 1 N–H and O–H groups in total. The average molecular weight is 355 g/mol. The number of imidazole rings is 1. The van der Waals surface area contributed by atoms with Crippen LogP contribution in [-0.4, -0.2) is 38.1 Å². The number of benzene rings is 1. The highest BCUT2D eigenvalue weighted by atomic mass is 16.3. The normalized spacial score (nSPS) is 17.4.